The lowest BCUT2D eigenvalue weighted by atomic mass is 10.2. The van der Waals surface area contributed by atoms with Gasteiger partial charge in [-0.15, -0.1) is 0 Å². The number of carbonyl (C=O) groups is 2. The molecule has 12 heteroatoms. The summed E-state index contributed by atoms with van der Waals surface area (Å²) in [4.78, 5) is 34.2. The van der Waals surface area contributed by atoms with Crippen LogP contribution in [0.1, 0.15) is 45.7 Å². The number of unbranched alkanes of at least 4 members (excludes halogenated alkanes) is 1. The summed E-state index contributed by atoms with van der Waals surface area (Å²) in [6.45, 7) is 9.18. The molecule has 1 aromatic heterocycles. The van der Waals surface area contributed by atoms with Crippen LogP contribution in [0.3, 0.4) is 0 Å². The fourth-order valence-electron chi connectivity index (χ4n) is 4.33. The van der Waals surface area contributed by atoms with Crippen molar-refractivity contribution in [3.8, 4) is 0 Å². The second-order valence-electron chi connectivity index (χ2n) is 10.2. The van der Waals surface area contributed by atoms with Gasteiger partial charge in [-0.05, 0) is 52.3 Å². The molecule has 2 aliphatic rings. The molecule has 3 heterocycles. The summed E-state index contributed by atoms with van der Waals surface area (Å²) in [5, 5.41) is 12.8. The minimum Gasteiger partial charge on any atom is -0.444 e. The third kappa shape index (κ3) is 7.95. The van der Waals surface area contributed by atoms with Gasteiger partial charge in [-0.3, -0.25) is 14.6 Å². The number of nitrogens with zero attached hydrogens (tertiary/aromatic N) is 4. The normalized spacial score (nSPS) is 21.5. The van der Waals surface area contributed by atoms with Crippen LogP contribution in [0, 0.1) is 0 Å². The lowest BCUT2D eigenvalue weighted by Gasteiger charge is -2.35. The van der Waals surface area contributed by atoms with Crippen molar-refractivity contribution in [2.24, 2.45) is 0 Å². The van der Waals surface area contributed by atoms with E-state index in [1.165, 1.54) is 11.0 Å². The number of hydrogen-bond acceptors (Lipinski definition) is 7. The first-order valence-corrected chi connectivity index (χ1v) is 12.3. The van der Waals surface area contributed by atoms with E-state index in [0.29, 0.717) is 25.5 Å². The molecule has 2 atom stereocenters. The molecule has 0 aromatic carbocycles. The average Bonchev–Trinajstić information content (AvgIpc) is 3.20. The predicted octanol–water partition coefficient (Wildman–Crippen LogP) is 2.49. The summed E-state index contributed by atoms with van der Waals surface area (Å²) < 4.78 is 44.1. The molecule has 202 valence electrons. The quantitative estimate of drug-likeness (QED) is 0.539. The maximum absolute atomic E-state index is 12.9. The number of aliphatic hydroxyl groups is 1. The highest BCUT2D eigenvalue weighted by Crippen LogP contribution is 2.29. The molecule has 9 nitrogen and oxygen atoms in total. The Kier molecular flexibility index (Phi) is 9.04. The van der Waals surface area contributed by atoms with Crippen LogP contribution in [0.15, 0.2) is 18.2 Å². The van der Waals surface area contributed by atoms with E-state index in [0.717, 1.165) is 38.5 Å². The number of aliphatic hydroxyl groups excluding tert-OH is 1. The molecule has 36 heavy (non-hydrogen) atoms. The highest BCUT2D eigenvalue weighted by Gasteiger charge is 2.40. The molecule has 2 amide bonds. The summed E-state index contributed by atoms with van der Waals surface area (Å²) in [7, 11) is 0. The van der Waals surface area contributed by atoms with Gasteiger partial charge < -0.3 is 20.1 Å². The number of pyridine rings is 1. The number of amides is 2. The Morgan fingerprint density at radius 2 is 1.83 bits per heavy atom. The van der Waals surface area contributed by atoms with Gasteiger partial charge in [0.25, 0.3) is 0 Å². The molecule has 1 aromatic rings. The maximum Gasteiger partial charge on any atom is 0.433 e. The Morgan fingerprint density at radius 1 is 1.14 bits per heavy atom. The highest BCUT2D eigenvalue weighted by atomic mass is 19.4. The lowest BCUT2D eigenvalue weighted by Crippen LogP contribution is -2.48. The van der Waals surface area contributed by atoms with Gasteiger partial charge in [0.15, 0.2) is 0 Å². The molecular formula is C24H36F3N5O4. The SMILES string of the molecule is CC(C)(C)OC(=O)N1C[C@H](O)C[C@H]1C(=O)NCCCCN1CCN(c2cccc(C(F)(F)F)n2)CC1. The van der Waals surface area contributed by atoms with E-state index in [1.54, 1.807) is 26.8 Å². The Balaban J connectivity index is 1.36. The van der Waals surface area contributed by atoms with E-state index in [1.807, 2.05) is 4.90 Å². The summed E-state index contributed by atoms with van der Waals surface area (Å²) in [5.74, 6) is 0.0317. The van der Waals surface area contributed by atoms with Crippen LogP contribution in [-0.2, 0) is 15.7 Å². The number of alkyl halides is 3. The third-order valence-corrected chi connectivity index (χ3v) is 6.13. The molecule has 2 N–H and O–H groups in total. The number of hydrogen-bond donors (Lipinski definition) is 2. The molecule has 0 saturated carbocycles. The van der Waals surface area contributed by atoms with Crippen LogP contribution in [0.2, 0.25) is 0 Å². The highest BCUT2D eigenvalue weighted by molar-refractivity contribution is 5.86. The second-order valence-corrected chi connectivity index (χ2v) is 10.2. The van der Waals surface area contributed by atoms with Gasteiger partial charge in [0.2, 0.25) is 5.91 Å². The summed E-state index contributed by atoms with van der Waals surface area (Å²) in [5.41, 5.74) is -1.58. The number of piperazine rings is 1. The number of ether oxygens (including phenoxy) is 1. The Morgan fingerprint density at radius 3 is 2.47 bits per heavy atom. The van der Waals surface area contributed by atoms with Gasteiger partial charge in [0.05, 0.1) is 12.6 Å². The number of halogens is 3. The molecule has 0 bridgehead atoms. The topological polar surface area (TPSA) is 98.2 Å². The molecule has 2 aliphatic heterocycles. The number of likely N-dealkylation sites (tertiary alicyclic amines) is 1. The van der Waals surface area contributed by atoms with Crippen molar-refractivity contribution in [3.05, 3.63) is 23.9 Å². The fraction of sp³-hybridized carbons (Fsp3) is 0.708. The molecule has 2 fully saturated rings. The zero-order valence-corrected chi connectivity index (χ0v) is 21.1. The van der Waals surface area contributed by atoms with Crippen molar-refractivity contribution in [1.82, 2.24) is 20.1 Å². The van der Waals surface area contributed by atoms with Crippen molar-refractivity contribution in [2.45, 2.75) is 64.0 Å². The zero-order valence-electron chi connectivity index (χ0n) is 21.1. The minimum absolute atomic E-state index is 0.0645. The summed E-state index contributed by atoms with van der Waals surface area (Å²) in [6, 6.07) is 3.20. The van der Waals surface area contributed by atoms with Crippen LogP contribution < -0.4 is 10.2 Å². The van der Waals surface area contributed by atoms with Gasteiger partial charge in [0, 0.05) is 39.1 Å². The van der Waals surface area contributed by atoms with Crippen molar-refractivity contribution >= 4 is 17.8 Å². The van der Waals surface area contributed by atoms with Crippen LogP contribution in [0.5, 0.6) is 0 Å². The first-order chi connectivity index (χ1) is 16.8. The third-order valence-electron chi connectivity index (χ3n) is 6.13. The monoisotopic (exact) mass is 515 g/mol. The number of anilines is 1. The standard InChI is InChI=1S/C24H36F3N5O4/c1-23(2,3)36-22(35)32-16-17(33)15-18(32)21(34)28-9-4-5-10-30-11-13-31(14-12-30)20-8-6-7-19(29-20)24(25,26)27/h6-8,17-18,33H,4-5,9-16H2,1-3H3,(H,28,34)/t17-,18+/m1/s1. The smallest absolute Gasteiger partial charge is 0.433 e. The maximum atomic E-state index is 12.9. The Hall–Kier alpha value is -2.60. The van der Waals surface area contributed by atoms with Gasteiger partial charge in [-0.1, -0.05) is 6.07 Å². The molecule has 0 unspecified atom stereocenters. The predicted molar refractivity (Wildman–Crippen MR) is 127 cm³/mol. The average molecular weight is 516 g/mol. The molecule has 3 rings (SSSR count). The van der Waals surface area contributed by atoms with E-state index in [4.69, 9.17) is 4.74 Å². The second kappa shape index (κ2) is 11.6. The van der Waals surface area contributed by atoms with Gasteiger partial charge in [-0.2, -0.15) is 13.2 Å². The van der Waals surface area contributed by atoms with Crippen LogP contribution in [0.25, 0.3) is 0 Å². The number of nitrogens with one attached hydrogen (secondary N) is 1. The van der Waals surface area contributed by atoms with Gasteiger partial charge >= 0.3 is 12.3 Å². The first kappa shape index (κ1) is 28.0. The van der Waals surface area contributed by atoms with E-state index in [-0.39, 0.29) is 18.9 Å². The van der Waals surface area contributed by atoms with E-state index < -0.39 is 35.7 Å². The molecule has 0 aliphatic carbocycles. The van der Waals surface area contributed by atoms with E-state index in [2.05, 4.69) is 15.2 Å². The number of rotatable bonds is 7. The van der Waals surface area contributed by atoms with Crippen molar-refractivity contribution in [3.63, 3.8) is 0 Å². The van der Waals surface area contributed by atoms with Crippen LogP contribution in [-0.4, -0.2) is 95.5 Å². The van der Waals surface area contributed by atoms with Gasteiger partial charge in [-0.25, -0.2) is 9.78 Å². The van der Waals surface area contributed by atoms with Crippen molar-refractivity contribution < 1.29 is 32.6 Å². The van der Waals surface area contributed by atoms with Crippen LogP contribution >= 0.6 is 0 Å². The molecule has 0 spiro atoms. The van der Waals surface area contributed by atoms with E-state index >= 15 is 0 Å². The minimum atomic E-state index is -4.46. The van der Waals surface area contributed by atoms with E-state index in [9.17, 15) is 27.9 Å². The fourth-order valence-corrected chi connectivity index (χ4v) is 4.33. The first-order valence-electron chi connectivity index (χ1n) is 12.3. The zero-order chi connectivity index (χ0) is 26.5. The van der Waals surface area contributed by atoms with Crippen molar-refractivity contribution in [1.29, 1.82) is 0 Å². The van der Waals surface area contributed by atoms with Crippen molar-refractivity contribution in [2.75, 3.05) is 50.7 Å². The largest absolute Gasteiger partial charge is 0.444 e. The Bertz CT molecular complexity index is 900. The summed E-state index contributed by atoms with van der Waals surface area (Å²) >= 11 is 0. The Labute approximate surface area is 209 Å². The number of carbonyl (C=O) groups excluding carboxylic acids is 2. The molecule has 2 saturated heterocycles. The molecule has 0 radical (unpaired) electrons. The number of aromatic nitrogens is 1. The lowest BCUT2D eigenvalue weighted by molar-refractivity contribution is -0.141. The molecular weight excluding hydrogens is 479 g/mol. The van der Waals surface area contributed by atoms with Crippen LogP contribution in [0.4, 0.5) is 23.8 Å². The summed E-state index contributed by atoms with van der Waals surface area (Å²) in [6.07, 6.45) is -4.08. The number of β-amino-alcohol motifs (C(OH)–C–C–N with tert-alkyl or cyclic N) is 1. The van der Waals surface area contributed by atoms with Gasteiger partial charge in [0.1, 0.15) is 23.2 Å².